The first kappa shape index (κ1) is 22.6. The SMILES string of the molecule is COC(=O)CCc1ccc(I(OS(=O)(=O)C(F)(F)F)c2ccc(C)cc2)cc1. The second-order valence-corrected chi connectivity index (χ2v) is 12.2. The van der Waals surface area contributed by atoms with Crippen LogP contribution in [0.2, 0.25) is 0 Å². The van der Waals surface area contributed by atoms with E-state index >= 15 is 0 Å². The molecule has 0 amide bonds. The number of aryl methyl sites for hydroxylation is 2. The van der Waals surface area contributed by atoms with Crippen molar-refractivity contribution < 1.29 is 33.6 Å². The van der Waals surface area contributed by atoms with Crippen LogP contribution in [0.5, 0.6) is 0 Å². The molecule has 0 aliphatic heterocycles. The van der Waals surface area contributed by atoms with E-state index in [-0.39, 0.29) is 12.4 Å². The van der Waals surface area contributed by atoms with E-state index in [9.17, 15) is 26.4 Å². The summed E-state index contributed by atoms with van der Waals surface area (Å²) in [6.45, 7) is 1.81. The van der Waals surface area contributed by atoms with E-state index in [4.69, 9.17) is 2.51 Å². The van der Waals surface area contributed by atoms with Crippen molar-refractivity contribution in [3.05, 3.63) is 66.8 Å². The fourth-order valence-corrected chi connectivity index (χ4v) is 8.48. The van der Waals surface area contributed by atoms with Crippen molar-refractivity contribution in [2.45, 2.75) is 25.3 Å². The molecule has 0 heterocycles. The summed E-state index contributed by atoms with van der Waals surface area (Å²) in [6, 6.07) is 12.9. The van der Waals surface area contributed by atoms with Gasteiger partial charge in [-0.25, -0.2) is 0 Å². The average molecular weight is 530 g/mol. The number of methoxy groups -OCH3 is 1. The molecule has 28 heavy (non-hydrogen) atoms. The third-order valence-electron chi connectivity index (χ3n) is 3.60. The van der Waals surface area contributed by atoms with Crippen LogP contribution in [0.4, 0.5) is 13.2 Å². The molecule has 2 rings (SSSR count). The molecule has 0 radical (unpaired) electrons. The first-order valence-corrected chi connectivity index (χ1v) is 12.4. The van der Waals surface area contributed by atoms with Crippen LogP contribution >= 0.6 is 20.2 Å². The van der Waals surface area contributed by atoms with E-state index in [1.54, 1.807) is 48.5 Å². The molecule has 0 saturated heterocycles. The van der Waals surface area contributed by atoms with Crippen LogP contribution in [0.25, 0.3) is 0 Å². The fourth-order valence-electron chi connectivity index (χ4n) is 2.08. The molecule has 2 aromatic rings. The first-order valence-electron chi connectivity index (χ1n) is 7.97. The molecule has 0 spiro atoms. The van der Waals surface area contributed by atoms with Crippen molar-refractivity contribution in [3.63, 3.8) is 0 Å². The van der Waals surface area contributed by atoms with Crippen molar-refractivity contribution >= 4 is 36.3 Å². The second-order valence-electron chi connectivity index (χ2n) is 5.71. The molecule has 0 N–H and O–H groups in total. The first-order chi connectivity index (χ1) is 13.0. The zero-order chi connectivity index (χ0) is 20.9. The van der Waals surface area contributed by atoms with Gasteiger partial charge in [0.2, 0.25) is 0 Å². The molecule has 2 aromatic carbocycles. The van der Waals surface area contributed by atoms with E-state index < -0.39 is 35.9 Å². The Labute approximate surface area is 168 Å². The summed E-state index contributed by atoms with van der Waals surface area (Å²) in [6.07, 6.45) is 0.558. The van der Waals surface area contributed by atoms with Crippen LogP contribution < -0.4 is 0 Å². The van der Waals surface area contributed by atoms with Crippen LogP contribution in [0.1, 0.15) is 17.5 Å². The molecule has 0 saturated carbocycles. The predicted octanol–water partition coefficient (Wildman–Crippen LogP) is 4.43. The molecule has 5 nitrogen and oxygen atoms in total. The van der Waals surface area contributed by atoms with Gasteiger partial charge in [0.25, 0.3) is 0 Å². The number of esters is 1. The van der Waals surface area contributed by atoms with Crippen molar-refractivity contribution in [2.75, 3.05) is 7.11 Å². The van der Waals surface area contributed by atoms with Crippen LogP contribution in [-0.2, 0) is 28.6 Å². The molecule has 0 bridgehead atoms. The number of carbonyl (C=O) groups excluding carboxylic acids is 1. The Hall–Kier alpha value is -1.66. The number of ether oxygens (including phenoxy) is 1. The Morgan fingerprint density at radius 1 is 1.00 bits per heavy atom. The number of benzene rings is 2. The molecule has 0 aliphatic rings. The maximum atomic E-state index is 12.8. The molecule has 0 aliphatic carbocycles. The third-order valence-corrected chi connectivity index (χ3v) is 10.7. The van der Waals surface area contributed by atoms with Gasteiger partial charge in [-0.2, -0.15) is 0 Å². The van der Waals surface area contributed by atoms with Crippen molar-refractivity contribution in [3.8, 4) is 0 Å². The van der Waals surface area contributed by atoms with Gasteiger partial charge in [0, 0.05) is 0 Å². The molecule has 10 heteroatoms. The Morgan fingerprint density at radius 3 is 1.96 bits per heavy atom. The Bertz CT molecular complexity index is 910. The predicted molar refractivity (Wildman–Crippen MR) is 105 cm³/mol. The van der Waals surface area contributed by atoms with Crippen LogP contribution in [0.15, 0.2) is 48.5 Å². The number of rotatable bonds is 7. The number of hydrogen-bond donors (Lipinski definition) is 0. The van der Waals surface area contributed by atoms with Crippen molar-refractivity contribution in [2.24, 2.45) is 0 Å². The van der Waals surface area contributed by atoms with Crippen LogP contribution in [-0.4, -0.2) is 27.0 Å². The molecular weight excluding hydrogens is 512 g/mol. The summed E-state index contributed by atoms with van der Waals surface area (Å²) < 4.78 is 71.8. The summed E-state index contributed by atoms with van der Waals surface area (Å²) in [4.78, 5) is 11.2. The Balaban J connectivity index is 2.33. The van der Waals surface area contributed by atoms with E-state index in [1.807, 2.05) is 6.92 Å². The third kappa shape index (κ3) is 5.92. The molecule has 154 valence electrons. The normalized spacial score (nSPS) is 12.5. The summed E-state index contributed by atoms with van der Waals surface area (Å²) in [5, 5.41) is 0. The van der Waals surface area contributed by atoms with E-state index in [2.05, 4.69) is 4.74 Å². The van der Waals surface area contributed by atoms with E-state index in [0.717, 1.165) is 11.1 Å². The van der Waals surface area contributed by atoms with Gasteiger partial charge in [-0.15, -0.1) is 0 Å². The summed E-state index contributed by atoms with van der Waals surface area (Å²) in [5.41, 5.74) is -3.84. The minimum atomic E-state index is -5.73. The van der Waals surface area contributed by atoms with Crippen LogP contribution in [0, 0.1) is 14.1 Å². The molecular formula is C18H18F3IO5S. The summed E-state index contributed by atoms with van der Waals surface area (Å²) in [7, 11) is -4.45. The van der Waals surface area contributed by atoms with Crippen LogP contribution in [0.3, 0.4) is 0 Å². The number of halogens is 4. The number of hydrogen-bond acceptors (Lipinski definition) is 5. The molecule has 0 fully saturated rings. The number of alkyl halides is 3. The van der Waals surface area contributed by atoms with Gasteiger partial charge < -0.3 is 0 Å². The van der Waals surface area contributed by atoms with Gasteiger partial charge in [0.1, 0.15) is 0 Å². The second kappa shape index (κ2) is 9.23. The summed E-state index contributed by atoms with van der Waals surface area (Å²) >= 11 is -3.38. The van der Waals surface area contributed by atoms with Gasteiger partial charge in [-0.1, -0.05) is 0 Å². The molecule has 0 aromatic heterocycles. The Morgan fingerprint density at radius 2 is 1.50 bits per heavy atom. The van der Waals surface area contributed by atoms with Gasteiger partial charge in [0.15, 0.2) is 0 Å². The van der Waals surface area contributed by atoms with E-state index in [0.29, 0.717) is 13.6 Å². The van der Waals surface area contributed by atoms with Crippen molar-refractivity contribution in [1.29, 1.82) is 0 Å². The molecule has 0 unspecified atom stereocenters. The summed E-state index contributed by atoms with van der Waals surface area (Å²) in [5.74, 6) is -0.378. The van der Waals surface area contributed by atoms with Gasteiger partial charge in [0.05, 0.1) is 0 Å². The van der Waals surface area contributed by atoms with Gasteiger partial charge in [-0.3, -0.25) is 0 Å². The average Bonchev–Trinajstić information content (AvgIpc) is 2.64. The number of carbonyl (C=O) groups is 1. The molecule has 0 atom stereocenters. The van der Waals surface area contributed by atoms with Gasteiger partial charge in [-0.05, 0) is 0 Å². The topological polar surface area (TPSA) is 69.7 Å². The van der Waals surface area contributed by atoms with Crippen molar-refractivity contribution in [1.82, 2.24) is 0 Å². The zero-order valence-electron chi connectivity index (χ0n) is 15.0. The zero-order valence-corrected chi connectivity index (χ0v) is 18.0. The minimum absolute atomic E-state index is 0.162. The monoisotopic (exact) mass is 530 g/mol. The standard InChI is InChI=1S/C18H18F3IO5S/c1-13-3-8-15(9-4-13)22(27-28(24,25)18(19,20)21)16-10-5-14(6-11-16)7-12-17(23)26-2/h3-6,8-11H,7,12H2,1-2H3. The maximum absolute atomic E-state index is 12.8. The Kier molecular flexibility index (Phi) is 7.46. The fraction of sp³-hybridized carbons (Fsp3) is 0.278. The quantitative estimate of drug-likeness (QED) is 0.301. The van der Waals surface area contributed by atoms with Gasteiger partial charge >= 0.3 is 169 Å². The van der Waals surface area contributed by atoms with E-state index in [1.165, 1.54) is 7.11 Å².